The first-order chi connectivity index (χ1) is 10.1. The van der Waals surface area contributed by atoms with Crippen molar-refractivity contribution >= 4 is 17.5 Å². The number of hydrogen-bond donors (Lipinski definition) is 1. The summed E-state index contributed by atoms with van der Waals surface area (Å²) in [5.74, 6) is -0.191. The lowest BCUT2D eigenvalue weighted by atomic mass is 10.2. The quantitative estimate of drug-likeness (QED) is 0.924. The topological polar surface area (TPSA) is 71.2 Å². The molecule has 0 spiro atoms. The Hall–Kier alpha value is -1.92. The van der Waals surface area contributed by atoms with E-state index in [0.29, 0.717) is 36.8 Å². The molecule has 1 aromatic heterocycles. The number of halogens is 1. The third-order valence-electron chi connectivity index (χ3n) is 3.44. The number of nitrogens with zero attached hydrogens (tertiary/aromatic N) is 4. The number of carbonyl (C=O) groups is 1. The van der Waals surface area contributed by atoms with Crippen LogP contribution in [0.2, 0.25) is 5.02 Å². The minimum atomic E-state index is -0.435. The number of benzene rings is 1. The second-order valence-corrected chi connectivity index (χ2v) is 5.56. The zero-order valence-electron chi connectivity index (χ0n) is 11.3. The molecule has 0 bridgehead atoms. The standard InChI is InChI=1S/C14H15ClN4O2/c15-11-3-1-2-10(6-11)7-19-9-13(16-17-19)14(21)18-5-4-12(20)8-18/h1-3,6,9,12,20H,4-5,7-8H2/t12-/m1/s1. The molecule has 1 fully saturated rings. The van der Waals surface area contributed by atoms with Crippen molar-refractivity contribution in [3.05, 3.63) is 46.7 Å². The Bertz CT molecular complexity index is 658. The van der Waals surface area contributed by atoms with Gasteiger partial charge in [-0.2, -0.15) is 0 Å². The Labute approximate surface area is 126 Å². The molecule has 1 aliphatic rings. The molecule has 1 aromatic carbocycles. The minimum absolute atomic E-state index is 0.191. The fourth-order valence-corrected chi connectivity index (χ4v) is 2.60. The van der Waals surface area contributed by atoms with E-state index in [4.69, 9.17) is 11.6 Å². The van der Waals surface area contributed by atoms with E-state index in [-0.39, 0.29) is 5.91 Å². The van der Waals surface area contributed by atoms with Crippen molar-refractivity contribution in [3.63, 3.8) is 0 Å². The van der Waals surface area contributed by atoms with Gasteiger partial charge >= 0.3 is 0 Å². The van der Waals surface area contributed by atoms with Crippen LogP contribution in [0.15, 0.2) is 30.5 Å². The van der Waals surface area contributed by atoms with E-state index in [1.807, 2.05) is 18.2 Å². The van der Waals surface area contributed by atoms with E-state index in [1.165, 1.54) is 0 Å². The van der Waals surface area contributed by atoms with Crippen molar-refractivity contribution in [2.24, 2.45) is 0 Å². The summed E-state index contributed by atoms with van der Waals surface area (Å²) in [6.07, 6.45) is 1.80. The molecule has 6 nitrogen and oxygen atoms in total. The van der Waals surface area contributed by atoms with Crippen molar-refractivity contribution in [1.82, 2.24) is 19.9 Å². The Morgan fingerprint density at radius 3 is 3.05 bits per heavy atom. The van der Waals surface area contributed by atoms with Gasteiger partial charge in [0.1, 0.15) is 0 Å². The maximum atomic E-state index is 12.2. The van der Waals surface area contributed by atoms with Gasteiger partial charge in [0, 0.05) is 18.1 Å². The van der Waals surface area contributed by atoms with Crippen molar-refractivity contribution in [1.29, 1.82) is 0 Å². The van der Waals surface area contributed by atoms with Crippen LogP contribution in [0.25, 0.3) is 0 Å². The molecule has 2 aromatic rings. The van der Waals surface area contributed by atoms with E-state index in [1.54, 1.807) is 21.8 Å². The average molecular weight is 307 g/mol. The number of aliphatic hydroxyl groups is 1. The molecule has 1 amide bonds. The summed E-state index contributed by atoms with van der Waals surface area (Å²) in [7, 11) is 0. The molecular weight excluding hydrogens is 292 g/mol. The molecule has 1 N–H and O–H groups in total. The maximum absolute atomic E-state index is 12.2. The van der Waals surface area contributed by atoms with Gasteiger partial charge in [-0.15, -0.1) is 5.10 Å². The number of aromatic nitrogens is 3. The highest BCUT2D eigenvalue weighted by Crippen LogP contribution is 2.14. The SMILES string of the molecule is O=C(c1cn(Cc2cccc(Cl)c2)nn1)N1CC[C@@H](O)C1. The third kappa shape index (κ3) is 3.22. The Morgan fingerprint density at radius 2 is 2.33 bits per heavy atom. The molecule has 110 valence electrons. The Kier molecular flexibility index (Phi) is 3.90. The average Bonchev–Trinajstić information content (AvgIpc) is 3.07. The summed E-state index contributed by atoms with van der Waals surface area (Å²) in [6.45, 7) is 1.42. The normalized spacial score (nSPS) is 18.2. The van der Waals surface area contributed by atoms with Crippen LogP contribution in [-0.2, 0) is 6.54 Å². The first kappa shape index (κ1) is 14.0. The first-order valence-corrected chi connectivity index (χ1v) is 7.11. The van der Waals surface area contributed by atoms with E-state index in [9.17, 15) is 9.90 Å². The zero-order chi connectivity index (χ0) is 14.8. The van der Waals surface area contributed by atoms with Crippen LogP contribution in [0.3, 0.4) is 0 Å². The van der Waals surface area contributed by atoms with Crippen LogP contribution in [-0.4, -0.2) is 50.1 Å². The van der Waals surface area contributed by atoms with Crippen molar-refractivity contribution in [2.75, 3.05) is 13.1 Å². The molecular formula is C14H15ClN4O2. The number of amides is 1. The fraction of sp³-hybridized carbons (Fsp3) is 0.357. The van der Waals surface area contributed by atoms with Crippen molar-refractivity contribution < 1.29 is 9.90 Å². The number of aliphatic hydroxyl groups excluding tert-OH is 1. The Balaban J connectivity index is 1.70. The molecule has 0 saturated carbocycles. The molecule has 1 atom stereocenters. The van der Waals surface area contributed by atoms with Gasteiger partial charge in [-0.25, -0.2) is 4.68 Å². The minimum Gasteiger partial charge on any atom is -0.391 e. The lowest BCUT2D eigenvalue weighted by Crippen LogP contribution is -2.29. The Morgan fingerprint density at radius 1 is 1.48 bits per heavy atom. The van der Waals surface area contributed by atoms with E-state index >= 15 is 0 Å². The highest BCUT2D eigenvalue weighted by Gasteiger charge is 2.27. The van der Waals surface area contributed by atoms with Crippen LogP contribution < -0.4 is 0 Å². The summed E-state index contributed by atoms with van der Waals surface area (Å²) in [4.78, 5) is 13.8. The monoisotopic (exact) mass is 306 g/mol. The van der Waals surface area contributed by atoms with Gasteiger partial charge in [-0.1, -0.05) is 28.9 Å². The van der Waals surface area contributed by atoms with E-state index < -0.39 is 6.10 Å². The molecule has 1 aliphatic heterocycles. The highest BCUT2D eigenvalue weighted by molar-refractivity contribution is 6.30. The molecule has 21 heavy (non-hydrogen) atoms. The number of β-amino-alcohol motifs (C(OH)–C–C–N with tert-alkyl or cyclic N) is 1. The molecule has 1 saturated heterocycles. The lowest BCUT2D eigenvalue weighted by molar-refractivity contribution is 0.0759. The summed E-state index contributed by atoms with van der Waals surface area (Å²) >= 11 is 5.94. The summed E-state index contributed by atoms with van der Waals surface area (Å²) in [6, 6.07) is 7.46. The van der Waals surface area contributed by atoms with Crippen LogP contribution in [0.1, 0.15) is 22.5 Å². The second-order valence-electron chi connectivity index (χ2n) is 5.12. The van der Waals surface area contributed by atoms with Gasteiger partial charge in [0.25, 0.3) is 5.91 Å². The number of likely N-dealkylation sites (tertiary alicyclic amines) is 1. The van der Waals surface area contributed by atoms with Crippen molar-refractivity contribution in [2.45, 2.75) is 19.1 Å². The number of rotatable bonds is 3. The van der Waals surface area contributed by atoms with Crippen molar-refractivity contribution in [3.8, 4) is 0 Å². The van der Waals surface area contributed by atoms with Gasteiger partial charge in [-0.05, 0) is 24.1 Å². The number of hydrogen-bond acceptors (Lipinski definition) is 4. The van der Waals surface area contributed by atoms with E-state index in [0.717, 1.165) is 5.56 Å². The molecule has 0 unspecified atom stereocenters. The summed E-state index contributed by atoms with van der Waals surface area (Å²) < 4.78 is 1.60. The molecule has 0 radical (unpaired) electrons. The lowest BCUT2D eigenvalue weighted by Gasteiger charge is -2.12. The number of carbonyl (C=O) groups excluding carboxylic acids is 1. The van der Waals surface area contributed by atoms with Crippen LogP contribution >= 0.6 is 11.6 Å². The third-order valence-corrected chi connectivity index (χ3v) is 3.68. The van der Waals surface area contributed by atoms with Crippen LogP contribution in [0.4, 0.5) is 0 Å². The second kappa shape index (κ2) is 5.83. The van der Waals surface area contributed by atoms with E-state index in [2.05, 4.69) is 10.3 Å². The molecule has 3 rings (SSSR count). The van der Waals surface area contributed by atoms with Gasteiger partial charge in [0.05, 0.1) is 18.8 Å². The van der Waals surface area contributed by atoms with Gasteiger partial charge in [-0.3, -0.25) is 4.79 Å². The van der Waals surface area contributed by atoms with Crippen LogP contribution in [0, 0.1) is 0 Å². The predicted octanol–water partition coefficient (Wildman–Crippen LogP) is 1.19. The largest absolute Gasteiger partial charge is 0.391 e. The molecule has 0 aliphatic carbocycles. The molecule has 7 heteroatoms. The van der Waals surface area contributed by atoms with Gasteiger partial charge in [0.2, 0.25) is 0 Å². The summed E-state index contributed by atoms with van der Waals surface area (Å²) in [5, 5.41) is 18.0. The zero-order valence-corrected chi connectivity index (χ0v) is 12.1. The summed E-state index contributed by atoms with van der Waals surface area (Å²) in [5.41, 5.74) is 1.29. The van der Waals surface area contributed by atoms with Gasteiger partial charge in [0.15, 0.2) is 5.69 Å². The molecule has 2 heterocycles. The fourth-order valence-electron chi connectivity index (χ4n) is 2.38. The van der Waals surface area contributed by atoms with Gasteiger partial charge < -0.3 is 10.0 Å². The first-order valence-electron chi connectivity index (χ1n) is 6.74. The highest BCUT2D eigenvalue weighted by atomic mass is 35.5. The van der Waals surface area contributed by atoms with Crippen LogP contribution in [0.5, 0.6) is 0 Å². The predicted molar refractivity (Wildman–Crippen MR) is 77.1 cm³/mol. The maximum Gasteiger partial charge on any atom is 0.276 e. The smallest absolute Gasteiger partial charge is 0.276 e.